The minimum absolute atomic E-state index is 0.114. The SMILES string of the molecule is CC(C)Oc1ccc(Cl)c2ccc(CCCCCCCCCCCO)nc12. The Kier molecular flexibility index (Phi) is 9.93. The molecular weight excluding hydrogens is 358 g/mol. The fraction of sp³-hybridized carbons (Fsp3) is 0.609. The van der Waals surface area contributed by atoms with E-state index in [4.69, 9.17) is 26.4 Å². The standard InChI is InChI=1S/C23H34ClNO2/c1-18(2)27-22-16-15-21(24)20-14-13-19(25-23(20)22)12-10-8-6-4-3-5-7-9-11-17-26/h13-16,18,26H,3-12,17H2,1-2H3. The summed E-state index contributed by atoms with van der Waals surface area (Å²) in [5.41, 5.74) is 1.99. The molecule has 0 bridgehead atoms. The van der Waals surface area contributed by atoms with Crippen LogP contribution in [0, 0.1) is 0 Å². The maximum Gasteiger partial charge on any atom is 0.146 e. The summed E-state index contributed by atoms with van der Waals surface area (Å²) in [6.45, 7) is 4.38. The number of pyridine rings is 1. The van der Waals surface area contributed by atoms with E-state index in [1.807, 2.05) is 26.0 Å². The van der Waals surface area contributed by atoms with Gasteiger partial charge in [-0.25, -0.2) is 4.98 Å². The number of benzene rings is 1. The van der Waals surface area contributed by atoms with Crippen LogP contribution in [0.1, 0.15) is 77.3 Å². The Balaban J connectivity index is 1.78. The van der Waals surface area contributed by atoms with Crippen LogP contribution >= 0.6 is 11.6 Å². The van der Waals surface area contributed by atoms with Crippen molar-refractivity contribution in [1.82, 2.24) is 4.98 Å². The zero-order chi connectivity index (χ0) is 19.5. The second-order valence-corrected chi connectivity index (χ2v) is 7.97. The van der Waals surface area contributed by atoms with Crippen molar-refractivity contribution in [3.63, 3.8) is 0 Å². The van der Waals surface area contributed by atoms with Crippen molar-refractivity contribution in [2.75, 3.05) is 6.61 Å². The van der Waals surface area contributed by atoms with Gasteiger partial charge in [-0.15, -0.1) is 0 Å². The van der Waals surface area contributed by atoms with E-state index in [-0.39, 0.29) is 6.10 Å². The summed E-state index contributed by atoms with van der Waals surface area (Å²) in [6, 6.07) is 7.96. The first-order valence-corrected chi connectivity index (χ1v) is 10.8. The summed E-state index contributed by atoms with van der Waals surface area (Å²) in [6.07, 6.45) is 12.1. The number of nitrogens with zero attached hydrogens (tertiary/aromatic N) is 1. The first kappa shape index (κ1) is 22.0. The van der Waals surface area contributed by atoms with Gasteiger partial charge < -0.3 is 9.84 Å². The monoisotopic (exact) mass is 391 g/mol. The molecule has 0 aliphatic rings. The van der Waals surface area contributed by atoms with E-state index < -0.39 is 0 Å². The lowest BCUT2D eigenvalue weighted by Gasteiger charge is -2.13. The molecule has 3 nitrogen and oxygen atoms in total. The molecule has 150 valence electrons. The number of hydrogen-bond donors (Lipinski definition) is 1. The van der Waals surface area contributed by atoms with Gasteiger partial charge in [0.05, 0.1) is 11.1 Å². The van der Waals surface area contributed by atoms with E-state index in [9.17, 15) is 0 Å². The minimum Gasteiger partial charge on any atom is -0.489 e. The Morgan fingerprint density at radius 3 is 2.15 bits per heavy atom. The van der Waals surface area contributed by atoms with Crippen LogP contribution in [0.5, 0.6) is 5.75 Å². The fourth-order valence-electron chi connectivity index (χ4n) is 3.34. The molecule has 1 N–H and O–H groups in total. The lowest BCUT2D eigenvalue weighted by molar-refractivity contribution is 0.245. The Morgan fingerprint density at radius 1 is 0.889 bits per heavy atom. The van der Waals surface area contributed by atoms with Gasteiger partial charge in [0, 0.05) is 17.7 Å². The van der Waals surface area contributed by atoms with Crippen molar-refractivity contribution in [2.45, 2.75) is 84.2 Å². The van der Waals surface area contributed by atoms with Crippen molar-refractivity contribution < 1.29 is 9.84 Å². The molecule has 1 aromatic carbocycles. The summed E-state index contributed by atoms with van der Waals surface area (Å²) in [7, 11) is 0. The molecule has 0 saturated heterocycles. The molecule has 2 rings (SSSR count). The van der Waals surface area contributed by atoms with Gasteiger partial charge in [-0.05, 0) is 57.4 Å². The number of unbranched alkanes of at least 4 members (excludes halogenated alkanes) is 8. The van der Waals surface area contributed by atoms with Gasteiger partial charge in [-0.2, -0.15) is 0 Å². The molecule has 4 heteroatoms. The average molecular weight is 392 g/mol. The summed E-state index contributed by atoms with van der Waals surface area (Å²) in [5.74, 6) is 0.812. The number of ether oxygens (including phenoxy) is 1. The van der Waals surface area contributed by atoms with Crippen molar-refractivity contribution in [3.05, 3.63) is 35.0 Å². The molecule has 0 aliphatic carbocycles. The second kappa shape index (κ2) is 12.2. The number of aliphatic hydroxyl groups excluding tert-OH is 1. The molecule has 27 heavy (non-hydrogen) atoms. The van der Waals surface area contributed by atoms with Crippen molar-refractivity contribution in [3.8, 4) is 5.75 Å². The van der Waals surface area contributed by atoms with Gasteiger partial charge in [0.1, 0.15) is 11.3 Å². The summed E-state index contributed by atoms with van der Waals surface area (Å²) in [4.78, 5) is 4.83. The quantitative estimate of drug-likeness (QED) is 0.385. The second-order valence-electron chi connectivity index (χ2n) is 7.57. The van der Waals surface area contributed by atoms with Crippen LogP contribution in [-0.4, -0.2) is 22.8 Å². The average Bonchev–Trinajstić information content (AvgIpc) is 2.65. The van der Waals surface area contributed by atoms with Crippen LogP contribution in [0.25, 0.3) is 10.9 Å². The number of aliphatic hydroxyl groups is 1. The molecule has 0 fully saturated rings. The van der Waals surface area contributed by atoms with Gasteiger partial charge in [-0.1, -0.05) is 56.5 Å². The topological polar surface area (TPSA) is 42.4 Å². The summed E-state index contributed by atoms with van der Waals surface area (Å²) < 4.78 is 5.91. The molecule has 0 spiro atoms. The highest BCUT2D eigenvalue weighted by atomic mass is 35.5. The molecule has 0 unspecified atom stereocenters. The van der Waals surface area contributed by atoms with Crippen LogP contribution in [-0.2, 0) is 6.42 Å². The fourth-order valence-corrected chi connectivity index (χ4v) is 3.56. The molecule has 0 aliphatic heterocycles. The van der Waals surface area contributed by atoms with Gasteiger partial charge in [0.15, 0.2) is 0 Å². The lowest BCUT2D eigenvalue weighted by Crippen LogP contribution is -2.06. The van der Waals surface area contributed by atoms with E-state index in [1.54, 1.807) is 0 Å². The van der Waals surface area contributed by atoms with Crippen LogP contribution < -0.4 is 4.74 Å². The van der Waals surface area contributed by atoms with Crippen molar-refractivity contribution in [2.24, 2.45) is 0 Å². The molecule has 0 radical (unpaired) electrons. The molecule has 1 heterocycles. The first-order valence-electron chi connectivity index (χ1n) is 10.5. The van der Waals surface area contributed by atoms with Gasteiger partial charge in [-0.3, -0.25) is 0 Å². The normalized spacial score (nSPS) is 11.4. The maximum atomic E-state index is 8.77. The zero-order valence-electron chi connectivity index (χ0n) is 16.8. The highest BCUT2D eigenvalue weighted by Crippen LogP contribution is 2.31. The van der Waals surface area contributed by atoms with Gasteiger partial charge in [0.2, 0.25) is 0 Å². The van der Waals surface area contributed by atoms with E-state index in [0.717, 1.165) is 46.6 Å². The molecule has 2 aromatic rings. The van der Waals surface area contributed by atoms with Crippen LogP contribution in [0.4, 0.5) is 0 Å². The van der Waals surface area contributed by atoms with E-state index >= 15 is 0 Å². The van der Waals surface area contributed by atoms with Crippen LogP contribution in [0.3, 0.4) is 0 Å². The third-order valence-electron chi connectivity index (χ3n) is 4.78. The Bertz CT molecular complexity index is 687. The lowest BCUT2D eigenvalue weighted by atomic mass is 10.1. The van der Waals surface area contributed by atoms with Crippen LogP contribution in [0.15, 0.2) is 24.3 Å². The zero-order valence-corrected chi connectivity index (χ0v) is 17.6. The van der Waals surface area contributed by atoms with Gasteiger partial charge in [0.25, 0.3) is 0 Å². The predicted octanol–water partition coefficient (Wildman–Crippen LogP) is 6.72. The van der Waals surface area contributed by atoms with Gasteiger partial charge >= 0.3 is 0 Å². The highest BCUT2D eigenvalue weighted by molar-refractivity contribution is 6.35. The van der Waals surface area contributed by atoms with Crippen molar-refractivity contribution >= 4 is 22.5 Å². The highest BCUT2D eigenvalue weighted by Gasteiger charge is 2.10. The number of rotatable bonds is 13. The van der Waals surface area contributed by atoms with Crippen molar-refractivity contribution in [1.29, 1.82) is 0 Å². The Hall–Kier alpha value is -1.32. The molecule has 0 amide bonds. The molecular formula is C23H34ClNO2. The van der Waals surface area contributed by atoms with E-state index in [1.165, 1.54) is 44.9 Å². The number of fused-ring (bicyclic) bond motifs is 1. The molecule has 0 atom stereocenters. The third kappa shape index (κ3) is 7.67. The number of hydrogen-bond acceptors (Lipinski definition) is 3. The number of aromatic nitrogens is 1. The maximum absolute atomic E-state index is 8.77. The number of aryl methyl sites for hydroxylation is 1. The first-order chi connectivity index (χ1) is 13.1. The van der Waals surface area contributed by atoms with E-state index in [2.05, 4.69) is 12.1 Å². The molecule has 0 saturated carbocycles. The predicted molar refractivity (Wildman–Crippen MR) is 115 cm³/mol. The smallest absolute Gasteiger partial charge is 0.146 e. The van der Waals surface area contributed by atoms with E-state index in [0.29, 0.717) is 6.61 Å². The summed E-state index contributed by atoms with van der Waals surface area (Å²) in [5, 5.41) is 10.4. The molecule has 1 aromatic heterocycles. The Labute approximate surface area is 169 Å². The third-order valence-corrected chi connectivity index (χ3v) is 5.11. The number of halogens is 1. The largest absolute Gasteiger partial charge is 0.489 e. The summed E-state index contributed by atoms with van der Waals surface area (Å²) >= 11 is 6.33. The Morgan fingerprint density at radius 2 is 1.52 bits per heavy atom. The van der Waals surface area contributed by atoms with Crippen LogP contribution in [0.2, 0.25) is 5.02 Å². The minimum atomic E-state index is 0.114.